The zero-order valence-electron chi connectivity index (χ0n) is 12.0. The maximum Gasteiger partial charge on any atom is 0.349 e. The summed E-state index contributed by atoms with van der Waals surface area (Å²) in [6.45, 7) is 1.76. The fourth-order valence-corrected chi connectivity index (χ4v) is 2.28. The molecule has 1 aliphatic rings. The van der Waals surface area contributed by atoms with E-state index >= 15 is 0 Å². The SMILES string of the molecule is CN1CCCC(OC(=O)/C(C#N)=C/c2ccccc2)C1.[Cl-]. The molecule has 0 spiro atoms. The smallest absolute Gasteiger partial charge is 0.349 e. The minimum Gasteiger partial charge on any atom is -1.00 e. The molecule has 112 valence electrons. The number of likely N-dealkylation sites (N-methyl/N-ethyl adjacent to an activating group) is 1. The first-order valence-electron chi connectivity index (χ1n) is 6.75. The van der Waals surface area contributed by atoms with E-state index < -0.39 is 5.97 Å². The van der Waals surface area contributed by atoms with E-state index in [1.165, 1.54) is 0 Å². The van der Waals surface area contributed by atoms with Gasteiger partial charge in [0.05, 0.1) is 0 Å². The molecule has 2 rings (SSSR count). The lowest BCUT2D eigenvalue weighted by atomic mass is 10.1. The van der Waals surface area contributed by atoms with Crippen LogP contribution in [0.2, 0.25) is 0 Å². The third-order valence-electron chi connectivity index (χ3n) is 3.31. The van der Waals surface area contributed by atoms with Gasteiger partial charge in [0.1, 0.15) is 17.7 Å². The van der Waals surface area contributed by atoms with Crippen molar-refractivity contribution in [3.05, 3.63) is 41.5 Å². The molecule has 0 bridgehead atoms. The normalized spacial score (nSPS) is 19.2. The van der Waals surface area contributed by atoms with Crippen LogP contribution in [0.1, 0.15) is 18.4 Å². The van der Waals surface area contributed by atoms with Crippen LogP contribution in [-0.2, 0) is 9.53 Å². The van der Waals surface area contributed by atoms with Gasteiger partial charge < -0.3 is 22.0 Å². The van der Waals surface area contributed by atoms with E-state index in [9.17, 15) is 4.79 Å². The molecule has 0 amide bonds. The van der Waals surface area contributed by atoms with Crippen LogP contribution in [0.5, 0.6) is 0 Å². The summed E-state index contributed by atoms with van der Waals surface area (Å²) in [5.74, 6) is -0.531. The second-order valence-electron chi connectivity index (χ2n) is 5.01. The molecule has 0 aliphatic carbocycles. The topological polar surface area (TPSA) is 53.3 Å². The van der Waals surface area contributed by atoms with Crippen molar-refractivity contribution < 1.29 is 21.9 Å². The molecule has 1 aliphatic heterocycles. The number of benzene rings is 1. The predicted molar refractivity (Wildman–Crippen MR) is 76.6 cm³/mol. The van der Waals surface area contributed by atoms with E-state index in [-0.39, 0.29) is 24.1 Å². The van der Waals surface area contributed by atoms with Crippen LogP contribution in [0.25, 0.3) is 6.08 Å². The average molecular weight is 306 g/mol. The third-order valence-corrected chi connectivity index (χ3v) is 3.31. The van der Waals surface area contributed by atoms with Crippen molar-refractivity contribution in [2.24, 2.45) is 0 Å². The summed E-state index contributed by atoms with van der Waals surface area (Å²) >= 11 is 0. The highest BCUT2D eigenvalue weighted by Crippen LogP contribution is 2.14. The van der Waals surface area contributed by atoms with Crippen LogP contribution in [0.15, 0.2) is 35.9 Å². The zero-order chi connectivity index (χ0) is 14.4. The summed E-state index contributed by atoms with van der Waals surface area (Å²) in [6.07, 6.45) is 3.32. The van der Waals surface area contributed by atoms with Gasteiger partial charge in [0.15, 0.2) is 0 Å². The third kappa shape index (κ3) is 5.22. The number of nitrogens with zero attached hydrogens (tertiary/aromatic N) is 2. The van der Waals surface area contributed by atoms with Crippen molar-refractivity contribution in [3.8, 4) is 6.07 Å². The summed E-state index contributed by atoms with van der Waals surface area (Å²) < 4.78 is 5.42. The van der Waals surface area contributed by atoms with Gasteiger partial charge in [0.2, 0.25) is 0 Å². The summed E-state index contributed by atoms with van der Waals surface area (Å²) in [4.78, 5) is 14.2. The lowest BCUT2D eigenvalue weighted by Crippen LogP contribution is -3.00. The van der Waals surface area contributed by atoms with Crippen molar-refractivity contribution in [1.29, 1.82) is 5.26 Å². The van der Waals surface area contributed by atoms with Gasteiger partial charge in [0, 0.05) is 6.54 Å². The van der Waals surface area contributed by atoms with E-state index in [1.54, 1.807) is 6.08 Å². The Morgan fingerprint density at radius 2 is 2.14 bits per heavy atom. The van der Waals surface area contributed by atoms with E-state index in [0.29, 0.717) is 0 Å². The highest BCUT2D eigenvalue weighted by Gasteiger charge is 2.22. The van der Waals surface area contributed by atoms with E-state index in [0.717, 1.165) is 31.5 Å². The molecule has 1 fully saturated rings. The molecule has 1 heterocycles. The van der Waals surface area contributed by atoms with Gasteiger partial charge in [-0.3, -0.25) is 0 Å². The molecule has 1 saturated heterocycles. The average Bonchev–Trinajstić information content (AvgIpc) is 2.45. The van der Waals surface area contributed by atoms with Crippen LogP contribution in [-0.4, -0.2) is 37.1 Å². The van der Waals surface area contributed by atoms with Crippen LogP contribution in [0.4, 0.5) is 0 Å². The molecule has 1 atom stereocenters. The lowest BCUT2D eigenvalue weighted by molar-refractivity contribution is -0.145. The standard InChI is InChI=1S/C16H18N2O2.ClH/c1-18-9-5-8-15(12-18)20-16(19)14(11-17)10-13-6-3-2-4-7-13;/h2-4,6-7,10,15H,5,8-9,12H2,1H3;1H/p-1/b14-10+;. The van der Waals surface area contributed by atoms with Crippen molar-refractivity contribution >= 4 is 12.0 Å². The zero-order valence-corrected chi connectivity index (χ0v) is 12.7. The quantitative estimate of drug-likeness (QED) is 0.418. The Balaban J connectivity index is 0.00000220. The number of piperidine rings is 1. The monoisotopic (exact) mass is 305 g/mol. The number of likely N-dealkylation sites (tertiary alicyclic amines) is 1. The number of carbonyl (C=O) groups is 1. The number of hydrogen-bond acceptors (Lipinski definition) is 4. The van der Waals surface area contributed by atoms with Crippen molar-refractivity contribution in [2.75, 3.05) is 20.1 Å². The number of carbonyl (C=O) groups excluding carboxylic acids is 1. The van der Waals surface area contributed by atoms with Gasteiger partial charge in [-0.05, 0) is 38.1 Å². The Hall–Kier alpha value is -1.83. The Labute approximate surface area is 131 Å². The molecule has 21 heavy (non-hydrogen) atoms. The highest BCUT2D eigenvalue weighted by molar-refractivity contribution is 5.97. The largest absolute Gasteiger partial charge is 1.00 e. The van der Waals surface area contributed by atoms with Crippen molar-refractivity contribution in [1.82, 2.24) is 4.90 Å². The van der Waals surface area contributed by atoms with Crippen LogP contribution in [0.3, 0.4) is 0 Å². The molecule has 1 aromatic carbocycles. The van der Waals surface area contributed by atoms with Crippen LogP contribution >= 0.6 is 0 Å². The molecule has 0 aromatic heterocycles. The fourth-order valence-electron chi connectivity index (χ4n) is 2.28. The number of hydrogen-bond donors (Lipinski definition) is 0. The lowest BCUT2D eigenvalue weighted by Gasteiger charge is -2.29. The molecule has 0 radical (unpaired) electrons. The van der Waals surface area contributed by atoms with Gasteiger partial charge in [-0.15, -0.1) is 0 Å². The number of nitriles is 1. The summed E-state index contributed by atoms with van der Waals surface area (Å²) in [5, 5.41) is 9.11. The Kier molecular flexibility index (Phi) is 6.93. The molecule has 0 saturated carbocycles. The second kappa shape index (κ2) is 8.46. The molecule has 5 heteroatoms. The predicted octanol–water partition coefficient (Wildman–Crippen LogP) is -0.765. The Morgan fingerprint density at radius 1 is 1.43 bits per heavy atom. The summed E-state index contributed by atoms with van der Waals surface area (Å²) in [7, 11) is 2.00. The van der Waals surface area contributed by atoms with Gasteiger partial charge >= 0.3 is 5.97 Å². The first-order chi connectivity index (χ1) is 9.69. The first kappa shape index (κ1) is 17.2. The van der Waals surface area contributed by atoms with Crippen molar-refractivity contribution in [2.45, 2.75) is 18.9 Å². The number of ether oxygens (including phenoxy) is 1. The number of esters is 1. The van der Waals surface area contributed by atoms with Gasteiger partial charge in [-0.25, -0.2) is 4.79 Å². The minimum absolute atomic E-state index is 0. The first-order valence-corrected chi connectivity index (χ1v) is 6.75. The summed E-state index contributed by atoms with van der Waals surface area (Å²) in [5.41, 5.74) is 0.867. The fraction of sp³-hybridized carbons (Fsp3) is 0.375. The second-order valence-corrected chi connectivity index (χ2v) is 5.01. The molecule has 4 nitrogen and oxygen atoms in total. The maximum absolute atomic E-state index is 12.0. The molecular weight excluding hydrogens is 288 g/mol. The number of rotatable bonds is 3. The molecular formula is C16H18ClN2O2-. The van der Waals surface area contributed by atoms with E-state index in [2.05, 4.69) is 4.90 Å². The van der Waals surface area contributed by atoms with Gasteiger partial charge in [-0.2, -0.15) is 5.26 Å². The maximum atomic E-state index is 12.0. The minimum atomic E-state index is -0.531. The van der Waals surface area contributed by atoms with Crippen LogP contribution < -0.4 is 12.4 Å². The van der Waals surface area contributed by atoms with Gasteiger partial charge in [-0.1, -0.05) is 30.3 Å². The molecule has 1 aromatic rings. The highest BCUT2D eigenvalue weighted by atomic mass is 35.5. The van der Waals surface area contributed by atoms with Crippen LogP contribution in [0, 0.1) is 11.3 Å². The molecule has 0 N–H and O–H groups in total. The van der Waals surface area contributed by atoms with Crippen molar-refractivity contribution in [3.63, 3.8) is 0 Å². The summed E-state index contributed by atoms with van der Waals surface area (Å²) in [6, 6.07) is 11.2. The van der Waals surface area contributed by atoms with E-state index in [1.807, 2.05) is 43.4 Å². The van der Waals surface area contributed by atoms with Gasteiger partial charge in [0.25, 0.3) is 0 Å². The number of halogens is 1. The Bertz CT molecular complexity index is 537. The Morgan fingerprint density at radius 3 is 2.76 bits per heavy atom. The molecule has 1 unspecified atom stereocenters. The van der Waals surface area contributed by atoms with E-state index in [4.69, 9.17) is 10.00 Å².